The molecule has 0 saturated heterocycles. The van der Waals surface area contributed by atoms with Gasteiger partial charge in [0, 0.05) is 33.6 Å². The molecule has 0 fully saturated rings. The Kier molecular flexibility index (Phi) is 8.16. The lowest BCUT2D eigenvalue weighted by molar-refractivity contribution is -0.511. The van der Waals surface area contributed by atoms with E-state index in [1.165, 1.54) is 11.1 Å². The third-order valence-corrected chi connectivity index (χ3v) is 13.3. The molecule has 0 atom stereocenters. The summed E-state index contributed by atoms with van der Waals surface area (Å²) in [6.45, 7) is 6.39. The van der Waals surface area contributed by atoms with E-state index in [2.05, 4.69) is 240 Å². The zero-order valence-corrected chi connectivity index (χ0v) is 36.3. The van der Waals surface area contributed by atoms with Crippen molar-refractivity contribution in [2.75, 3.05) is 4.81 Å². The van der Waals surface area contributed by atoms with Crippen molar-refractivity contribution >= 4 is 56.8 Å². The summed E-state index contributed by atoms with van der Waals surface area (Å²) in [5.41, 5.74) is 15.0. The summed E-state index contributed by atoms with van der Waals surface area (Å²) in [5, 5.41) is 2.29. The molecule has 0 spiro atoms. The number of hydrogen-bond donors (Lipinski definition) is 0. The van der Waals surface area contributed by atoms with Crippen LogP contribution in [0.25, 0.3) is 77.7 Å². The molecule has 0 aliphatic carbocycles. The van der Waals surface area contributed by atoms with Gasteiger partial charge in [-0.3, -0.25) is 4.57 Å². The van der Waals surface area contributed by atoms with Gasteiger partial charge in [0.15, 0.2) is 0 Å². The third-order valence-electron chi connectivity index (χ3n) is 13.3. The Bertz CT molecular complexity index is 3710. The monoisotopic (exact) mass is 835 g/mol. The number of para-hydroxylation sites is 3. The topological polar surface area (TPSA) is 39.1 Å². The molecular weight excluding hydrogens is 793 g/mol. The Balaban J connectivity index is 1.25. The van der Waals surface area contributed by atoms with E-state index < -0.39 is 6.98 Å². The molecule has 0 saturated carbocycles. The molecule has 6 nitrogen and oxygen atoms in total. The second-order valence-corrected chi connectivity index (χ2v) is 18.2. The van der Waals surface area contributed by atoms with Gasteiger partial charge < -0.3 is 18.6 Å². The maximum absolute atomic E-state index is 6.81. The first-order valence-corrected chi connectivity index (χ1v) is 22.3. The second kappa shape index (κ2) is 14.2. The molecule has 2 aliphatic heterocycles. The van der Waals surface area contributed by atoms with Gasteiger partial charge in [-0.05, 0) is 87.3 Å². The largest absolute Gasteiger partial charge is 0.525 e. The molecule has 2 aliphatic rings. The van der Waals surface area contributed by atoms with Crippen LogP contribution in [0.15, 0.2) is 200 Å². The number of anilines is 2. The minimum absolute atomic E-state index is 0.242. The Labute approximate surface area is 378 Å². The van der Waals surface area contributed by atoms with E-state index in [-0.39, 0.29) is 5.41 Å². The fourth-order valence-corrected chi connectivity index (χ4v) is 10.3. The van der Waals surface area contributed by atoms with Crippen molar-refractivity contribution in [1.82, 2.24) is 14.1 Å². The number of imidazole rings is 1. The first kappa shape index (κ1) is 37.4. The van der Waals surface area contributed by atoms with Crippen LogP contribution < -0.4 is 19.5 Å². The average molecular weight is 836 g/mol. The average Bonchev–Trinajstić information content (AvgIpc) is 3.89. The molecule has 65 heavy (non-hydrogen) atoms. The number of pyridine rings is 1. The second-order valence-electron chi connectivity index (χ2n) is 18.2. The molecule has 0 N–H and O–H groups in total. The summed E-state index contributed by atoms with van der Waals surface area (Å²) in [5.74, 6) is 3.12. The number of aromatic nitrogens is 4. The fraction of sp³-hybridized carbons (Fsp3) is 0.0690. The lowest BCUT2D eigenvalue weighted by Crippen LogP contribution is -2.68. The van der Waals surface area contributed by atoms with Crippen LogP contribution >= 0.6 is 0 Å². The van der Waals surface area contributed by atoms with Gasteiger partial charge in [-0.15, -0.1) is 0 Å². The molecule has 13 rings (SSSR count). The van der Waals surface area contributed by atoms with Gasteiger partial charge in [-0.2, -0.15) is 0 Å². The van der Waals surface area contributed by atoms with Gasteiger partial charge >= 0.3 is 6.98 Å². The normalized spacial score (nSPS) is 12.9. The van der Waals surface area contributed by atoms with Gasteiger partial charge in [-0.25, -0.2) is 4.98 Å². The van der Waals surface area contributed by atoms with Crippen molar-refractivity contribution < 1.29 is 9.21 Å². The van der Waals surface area contributed by atoms with Crippen molar-refractivity contribution in [2.24, 2.45) is 0 Å². The Morgan fingerprint density at radius 1 is 0.523 bits per heavy atom. The number of benzene rings is 8. The summed E-state index contributed by atoms with van der Waals surface area (Å²) in [6, 6.07) is 72.0. The Hall–Kier alpha value is -8.16. The van der Waals surface area contributed by atoms with Crippen molar-refractivity contribution in [1.29, 1.82) is 0 Å². The standard InChI is InChI=1S/C58H42BN5O/c1-58(2,3)39-33-55-60-56(34-39)64(52-29-14-10-21-43(52)38-17-5-4-6-18-38)59-50-27-12-9-24-46(50)44-22-7-8-23-45(44)49-26-16-30-53-57(49)62(59)37-61(53)40-19-15-20-41(35-40)65-42-31-32-48-47-25-11-13-28-51(47)63(55)54(48)36-42/h4-36H,1-3H3. The zero-order valence-electron chi connectivity index (χ0n) is 36.3. The molecule has 0 amide bonds. The maximum atomic E-state index is 6.81. The van der Waals surface area contributed by atoms with E-state index in [1.807, 2.05) is 6.07 Å². The first-order valence-electron chi connectivity index (χ1n) is 22.3. The molecule has 8 aromatic carbocycles. The highest BCUT2D eigenvalue weighted by Crippen LogP contribution is 2.43. The van der Waals surface area contributed by atoms with Crippen LogP contribution in [0.2, 0.25) is 0 Å². The van der Waals surface area contributed by atoms with Gasteiger partial charge in [0.05, 0.1) is 27.8 Å². The van der Waals surface area contributed by atoms with Crippen LogP contribution in [-0.2, 0) is 5.41 Å². The van der Waals surface area contributed by atoms with Crippen LogP contribution in [0.5, 0.6) is 11.5 Å². The van der Waals surface area contributed by atoms with Crippen molar-refractivity contribution in [3.05, 3.63) is 212 Å². The smallest absolute Gasteiger partial charge is 0.458 e. The lowest BCUT2D eigenvalue weighted by Gasteiger charge is -2.34. The summed E-state index contributed by atoms with van der Waals surface area (Å²) in [4.78, 5) is 8.38. The molecule has 11 aromatic rings. The van der Waals surface area contributed by atoms with Gasteiger partial charge in [0.25, 0.3) is 0 Å². The third kappa shape index (κ3) is 5.82. The quantitative estimate of drug-likeness (QED) is 0.129. The predicted octanol–water partition coefficient (Wildman–Crippen LogP) is 13.0. The minimum atomic E-state index is -0.484. The first-order chi connectivity index (χ1) is 31.9. The molecule has 0 radical (unpaired) electrons. The number of ether oxygens (including phenoxy) is 1. The van der Waals surface area contributed by atoms with E-state index in [0.717, 1.165) is 101 Å². The summed E-state index contributed by atoms with van der Waals surface area (Å²) in [7, 11) is 0. The van der Waals surface area contributed by atoms with E-state index in [9.17, 15) is 0 Å². The van der Waals surface area contributed by atoms with E-state index in [1.54, 1.807) is 0 Å². The summed E-state index contributed by atoms with van der Waals surface area (Å²) >= 11 is 0. The number of fused-ring (bicyclic) bond motifs is 17. The van der Waals surface area contributed by atoms with Gasteiger partial charge in [-0.1, -0.05) is 166 Å². The Morgan fingerprint density at radius 3 is 2.02 bits per heavy atom. The van der Waals surface area contributed by atoms with E-state index in [0.29, 0.717) is 0 Å². The van der Waals surface area contributed by atoms with Crippen LogP contribution in [0.1, 0.15) is 26.3 Å². The Morgan fingerprint density at radius 2 is 1.17 bits per heavy atom. The predicted molar refractivity (Wildman–Crippen MR) is 265 cm³/mol. The van der Waals surface area contributed by atoms with Crippen molar-refractivity contribution in [2.45, 2.75) is 26.2 Å². The van der Waals surface area contributed by atoms with Crippen LogP contribution in [0.4, 0.5) is 11.5 Å². The molecule has 3 aromatic heterocycles. The molecular formula is C58H42BN5O. The molecule has 7 heteroatoms. The number of hydrogen-bond acceptors (Lipinski definition) is 3. The van der Waals surface area contributed by atoms with E-state index >= 15 is 0 Å². The lowest BCUT2D eigenvalue weighted by atomic mass is 9.61. The van der Waals surface area contributed by atoms with Crippen molar-refractivity contribution in [3.63, 3.8) is 0 Å². The van der Waals surface area contributed by atoms with E-state index in [4.69, 9.17) is 9.72 Å². The number of rotatable bonds is 2. The SMILES string of the molecule is CC(C)(C)c1cc2nc(c1)-n1c3ccccc3c3ccc(cc31)Oc1cccc(c1)-n1[c-][n+]3c4c(cccc41)-c1ccccc1-c1ccccc1B3N2c1ccccc1-c1ccccc1. The molecule has 8 bridgehead atoms. The van der Waals surface area contributed by atoms with Crippen LogP contribution in [0.3, 0.4) is 0 Å². The molecule has 0 unspecified atom stereocenters. The highest BCUT2D eigenvalue weighted by Gasteiger charge is 2.42. The highest BCUT2D eigenvalue weighted by atomic mass is 16.5. The zero-order chi connectivity index (χ0) is 43.4. The number of nitrogens with zero attached hydrogens (tertiary/aromatic N) is 5. The molecule has 308 valence electrons. The highest BCUT2D eigenvalue weighted by molar-refractivity contribution is 6.72. The van der Waals surface area contributed by atoms with Crippen LogP contribution in [0, 0.1) is 6.33 Å². The maximum Gasteiger partial charge on any atom is 0.525 e. The summed E-state index contributed by atoms with van der Waals surface area (Å²) < 4.78 is 13.7. The molecule has 5 heterocycles. The van der Waals surface area contributed by atoms with Gasteiger partial charge in [0.1, 0.15) is 23.1 Å². The van der Waals surface area contributed by atoms with Crippen molar-refractivity contribution in [3.8, 4) is 56.4 Å². The minimum Gasteiger partial charge on any atom is -0.458 e. The summed E-state index contributed by atoms with van der Waals surface area (Å²) in [6.07, 6.45) is 4.02. The van der Waals surface area contributed by atoms with Crippen LogP contribution in [-0.4, -0.2) is 21.1 Å². The van der Waals surface area contributed by atoms with Gasteiger partial charge in [0.2, 0.25) is 6.33 Å². The fourth-order valence-electron chi connectivity index (χ4n) is 10.3.